The lowest BCUT2D eigenvalue weighted by Crippen LogP contribution is -2.21. The summed E-state index contributed by atoms with van der Waals surface area (Å²) < 4.78 is 2.06. The van der Waals surface area contributed by atoms with E-state index in [-0.39, 0.29) is 0 Å². The van der Waals surface area contributed by atoms with Crippen molar-refractivity contribution in [1.29, 1.82) is 0 Å². The molecular weight excluding hydrogens is 260 g/mol. The average molecular weight is 294 g/mol. The Labute approximate surface area is 130 Å². The predicted molar refractivity (Wildman–Crippen MR) is 89.2 cm³/mol. The molecule has 1 aromatic heterocycles. The van der Waals surface area contributed by atoms with Crippen LogP contribution in [0, 0.1) is 5.92 Å². The van der Waals surface area contributed by atoms with Crippen LogP contribution in [0.15, 0.2) is 6.33 Å². The Morgan fingerprint density at radius 3 is 2.38 bits per heavy atom. The number of hydrogen-bond donors (Lipinski definition) is 1. The zero-order valence-corrected chi connectivity index (χ0v) is 14.3. The number of aryl methyl sites for hydroxylation is 1. The van der Waals surface area contributed by atoms with Gasteiger partial charge in [0.2, 0.25) is 0 Å². The van der Waals surface area contributed by atoms with Gasteiger partial charge in [-0.3, -0.25) is 0 Å². The topological polar surface area (TPSA) is 42.7 Å². The Morgan fingerprint density at radius 1 is 1.05 bits per heavy atom. The summed E-state index contributed by atoms with van der Waals surface area (Å²) in [6.45, 7) is 9.58. The summed E-state index contributed by atoms with van der Waals surface area (Å²) in [5.74, 6) is 1.74. The highest BCUT2D eigenvalue weighted by atomic mass is 15.3. The summed E-state index contributed by atoms with van der Waals surface area (Å²) in [5.41, 5.74) is 0. The van der Waals surface area contributed by atoms with Gasteiger partial charge in [-0.2, -0.15) is 5.10 Å². The van der Waals surface area contributed by atoms with Crippen LogP contribution >= 0.6 is 0 Å². The molecule has 0 fully saturated rings. The van der Waals surface area contributed by atoms with E-state index in [2.05, 4.69) is 40.9 Å². The lowest BCUT2D eigenvalue weighted by atomic mass is 10.1. The lowest BCUT2D eigenvalue weighted by molar-refractivity contribution is 0.484. The smallest absolute Gasteiger partial charge is 0.140 e. The van der Waals surface area contributed by atoms with Crippen LogP contribution in [0.3, 0.4) is 0 Å². The molecule has 0 radical (unpaired) electrons. The molecule has 0 aromatic carbocycles. The van der Waals surface area contributed by atoms with Gasteiger partial charge < -0.3 is 5.32 Å². The average Bonchev–Trinajstić information content (AvgIpc) is 2.89. The highest BCUT2D eigenvalue weighted by molar-refractivity contribution is 4.83. The molecule has 1 rings (SSSR count). The predicted octanol–water partition coefficient (Wildman–Crippen LogP) is 4.16. The summed E-state index contributed by atoms with van der Waals surface area (Å²) in [6.07, 6.45) is 12.5. The molecule has 4 heteroatoms. The van der Waals surface area contributed by atoms with Crippen LogP contribution in [-0.2, 0) is 13.1 Å². The highest BCUT2D eigenvalue weighted by Crippen LogP contribution is 2.09. The Morgan fingerprint density at radius 2 is 1.71 bits per heavy atom. The number of rotatable bonds is 13. The monoisotopic (exact) mass is 294 g/mol. The minimum atomic E-state index is 0.675. The van der Waals surface area contributed by atoms with Crippen LogP contribution in [-0.4, -0.2) is 21.3 Å². The quantitative estimate of drug-likeness (QED) is 0.555. The molecule has 1 heterocycles. The summed E-state index contributed by atoms with van der Waals surface area (Å²) >= 11 is 0. The van der Waals surface area contributed by atoms with E-state index in [0.717, 1.165) is 25.5 Å². The molecule has 0 saturated heterocycles. The number of unbranched alkanes of at least 4 members (excludes halogenated alkanes) is 7. The minimum absolute atomic E-state index is 0.675. The van der Waals surface area contributed by atoms with Crippen molar-refractivity contribution in [2.45, 2.75) is 85.2 Å². The van der Waals surface area contributed by atoms with Gasteiger partial charge in [-0.25, -0.2) is 9.67 Å². The molecule has 0 spiro atoms. The maximum atomic E-state index is 4.35. The van der Waals surface area contributed by atoms with Gasteiger partial charge in [0.25, 0.3) is 0 Å². The standard InChI is InChI=1S/C17H34N4/c1-4-5-6-7-8-9-10-11-12-21-17(19-15-20-21)14-18-13-16(2)3/h15-16,18H,4-14H2,1-3H3. The van der Waals surface area contributed by atoms with Gasteiger partial charge in [0, 0.05) is 6.54 Å². The van der Waals surface area contributed by atoms with Crippen LogP contribution in [0.5, 0.6) is 0 Å². The Balaban J connectivity index is 2.08. The number of hydrogen-bond acceptors (Lipinski definition) is 3. The fraction of sp³-hybridized carbons (Fsp3) is 0.882. The van der Waals surface area contributed by atoms with Crippen molar-refractivity contribution in [2.75, 3.05) is 6.54 Å². The molecule has 0 amide bonds. The maximum absolute atomic E-state index is 4.35. The Bertz CT molecular complexity index is 346. The van der Waals surface area contributed by atoms with E-state index in [1.807, 2.05) is 0 Å². The van der Waals surface area contributed by atoms with E-state index in [1.165, 1.54) is 51.4 Å². The minimum Gasteiger partial charge on any atom is -0.310 e. The first-order valence-corrected chi connectivity index (χ1v) is 8.81. The van der Waals surface area contributed by atoms with Crippen molar-refractivity contribution in [1.82, 2.24) is 20.1 Å². The Kier molecular flexibility index (Phi) is 10.1. The molecule has 1 N–H and O–H groups in total. The van der Waals surface area contributed by atoms with Gasteiger partial charge in [0.15, 0.2) is 0 Å². The van der Waals surface area contributed by atoms with Crippen molar-refractivity contribution >= 4 is 0 Å². The molecule has 1 aromatic rings. The number of nitrogens with zero attached hydrogens (tertiary/aromatic N) is 3. The van der Waals surface area contributed by atoms with Crippen molar-refractivity contribution in [3.63, 3.8) is 0 Å². The van der Waals surface area contributed by atoms with Crippen LogP contribution in [0.4, 0.5) is 0 Å². The molecule has 0 bridgehead atoms. The normalized spacial score (nSPS) is 11.4. The summed E-state index contributed by atoms with van der Waals surface area (Å²) in [4.78, 5) is 4.35. The second-order valence-corrected chi connectivity index (χ2v) is 6.40. The summed E-state index contributed by atoms with van der Waals surface area (Å²) in [7, 11) is 0. The lowest BCUT2D eigenvalue weighted by Gasteiger charge is -2.09. The van der Waals surface area contributed by atoms with E-state index in [1.54, 1.807) is 6.33 Å². The largest absolute Gasteiger partial charge is 0.310 e. The number of nitrogens with one attached hydrogen (secondary N) is 1. The summed E-state index contributed by atoms with van der Waals surface area (Å²) in [5, 5.41) is 7.77. The van der Waals surface area contributed by atoms with Gasteiger partial charge in [0.1, 0.15) is 12.2 Å². The van der Waals surface area contributed by atoms with E-state index in [9.17, 15) is 0 Å². The third-order valence-corrected chi connectivity index (χ3v) is 3.75. The summed E-state index contributed by atoms with van der Waals surface area (Å²) in [6, 6.07) is 0. The zero-order chi connectivity index (χ0) is 15.3. The van der Waals surface area contributed by atoms with E-state index >= 15 is 0 Å². The van der Waals surface area contributed by atoms with Crippen molar-refractivity contribution < 1.29 is 0 Å². The molecule has 21 heavy (non-hydrogen) atoms. The molecule has 0 aliphatic carbocycles. The van der Waals surface area contributed by atoms with Gasteiger partial charge in [-0.05, 0) is 18.9 Å². The maximum Gasteiger partial charge on any atom is 0.140 e. The first-order valence-electron chi connectivity index (χ1n) is 8.81. The van der Waals surface area contributed by atoms with Gasteiger partial charge in [0.05, 0.1) is 6.54 Å². The molecule has 122 valence electrons. The van der Waals surface area contributed by atoms with Crippen LogP contribution < -0.4 is 5.32 Å². The fourth-order valence-electron chi connectivity index (χ4n) is 2.48. The molecule has 4 nitrogen and oxygen atoms in total. The third-order valence-electron chi connectivity index (χ3n) is 3.75. The fourth-order valence-corrected chi connectivity index (χ4v) is 2.48. The number of aromatic nitrogens is 3. The van der Waals surface area contributed by atoms with Crippen molar-refractivity contribution in [2.24, 2.45) is 5.92 Å². The van der Waals surface area contributed by atoms with E-state index in [4.69, 9.17) is 0 Å². The highest BCUT2D eigenvalue weighted by Gasteiger charge is 2.04. The molecule has 0 atom stereocenters. The molecule has 0 aliphatic heterocycles. The van der Waals surface area contributed by atoms with Crippen LogP contribution in [0.25, 0.3) is 0 Å². The van der Waals surface area contributed by atoms with Crippen LogP contribution in [0.1, 0.15) is 78.0 Å². The van der Waals surface area contributed by atoms with Crippen molar-refractivity contribution in [3.05, 3.63) is 12.2 Å². The molecule has 0 saturated carbocycles. The van der Waals surface area contributed by atoms with Gasteiger partial charge >= 0.3 is 0 Å². The zero-order valence-electron chi connectivity index (χ0n) is 14.3. The Hall–Kier alpha value is -0.900. The second kappa shape index (κ2) is 11.7. The third kappa shape index (κ3) is 8.86. The molecule has 0 unspecified atom stereocenters. The van der Waals surface area contributed by atoms with Gasteiger partial charge in [-0.1, -0.05) is 65.7 Å². The van der Waals surface area contributed by atoms with Crippen molar-refractivity contribution in [3.8, 4) is 0 Å². The first-order chi connectivity index (χ1) is 10.2. The first kappa shape index (κ1) is 18.1. The van der Waals surface area contributed by atoms with E-state index in [0.29, 0.717) is 5.92 Å². The van der Waals surface area contributed by atoms with E-state index < -0.39 is 0 Å². The molecule has 0 aliphatic rings. The van der Waals surface area contributed by atoms with Crippen LogP contribution in [0.2, 0.25) is 0 Å². The second-order valence-electron chi connectivity index (χ2n) is 6.40. The molecular formula is C17H34N4. The SMILES string of the molecule is CCCCCCCCCCn1ncnc1CNCC(C)C. The van der Waals surface area contributed by atoms with Gasteiger partial charge in [-0.15, -0.1) is 0 Å².